The van der Waals surface area contributed by atoms with E-state index < -0.39 is 10.0 Å². The molecular weight excluding hydrogens is 316 g/mol. The summed E-state index contributed by atoms with van der Waals surface area (Å²) >= 11 is 3.33. The summed E-state index contributed by atoms with van der Waals surface area (Å²) in [6.07, 6.45) is 0.998. The van der Waals surface area contributed by atoms with Gasteiger partial charge in [-0.2, -0.15) is 0 Å². The van der Waals surface area contributed by atoms with Gasteiger partial charge in [-0.15, -0.1) is 0 Å². The maximum atomic E-state index is 11.9. The Morgan fingerprint density at radius 3 is 2.67 bits per heavy atom. The lowest BCUT2D eigenvalue weighted by Gasteiger charge is -2.11. The largest absolute Gasteiger partial charge is 0.316 e. The molecule has 1 aromatic rings. The number of halogens is 1. The number of nitrogens with one attached hydrogen (secondary N) is 2. The van der Waals surface area contributed by atoms with Crippen LogP contribution in [-0.2, 0) is 10.0 Å². The molecule has 0 radical (unpaired) electrons. The topological polar surface area (TPSA) is 58.2 Å². The van der Waals surface area contributed by atoms with Gasteiger partial charge in [0, 0.05) is 11.0 Å². The SMILES string of the molecule is CCCNCCS(=O)(=O)Nc1cc(Br)ccc1C. The molecule has 0 aliphatic rings. The summed E-state index contributed by atoms with van der Waals surface area (Å²) in [4.78, 5) is 0. The van der Waals surface area contributed by atoms with Crippen LogP contribution in [0.25, 0.3) is 0 Å². The summed E-state index contributed by atoms with van der Waals surface area (Å²) in [7, 11) is -3.29. The Balaban J connectivity index is 2.62. The Hall–Kier alpha value is -0.590. The fourth-order valence-corrected chi connectivity index (χ4v) is 2.86. The van der Waals surface area contributed by atoms with Crippen molar-refractivity contribution < 1.29 is 8.42 Å². The van der Waals surface area contributed by atoms with Crippen molar-refractivity contribution in [3.05, 3.63) is 28.2 Å². The molecule has 0 fully saturated rings. The molecule has 0 unspecified atom stereocenters. The van der Waals surface area contributed by atoms with Crippen LogP contribution >= 0.6 is 15.9 Å². The number of benzene rings is 1. The number of aryl methyl sites for hydroxylation is 1. The molecule has 0 spiro atoms. The fourth-order valence-electron chi connectivity index (χ4n) is 1.43. The van der Waals surface area contributed by atoms with Gasteiger partial charge in [-0.25, -0.2) is 8.42 Å². The van der Waals surface area contributed by atoms with E-state index in [0.29, 0.717) is 12.2 Å². The average molecular weight is 335 g/mol. The molecule has 102 valence electrons. The van der Waals surface area contributed by atoms with E-state index in [9.17, 15) is 8.42 Å². The lowest BCUT2D eigenvalue weighted by atomic mass is 10.2. The number of anilines is 1. The van der Waals surface area contributed by atoms with E-state index in [1.165, 1.54) is 0 Å². The van der Waals surface area contributed by atoms with Crippen molar-refractivity contribution in [2.45, 2.75) is 20.3 Å². The Bertz CT molecular complexity index is 489. The van der Waals surface area contributed by atoms with Gasteiger partial charge < -0.3 is 5.32 Å². The van der Waals surface area contributed by atoms with Crippen molar-refractivity contribution in [2.75, 3.05) is 23.6 Å². The second-order valence-electron chi connectivity index (χ2n) is 4.13. The third-order valence-electron chi connectivity index (χ3n) is 2.44. The molecule has 0 saturated carbocycles. The van der Waals surface area contributed by atoms with E-state index >= 15 is 0 Å². The van der Waals surface area contributed by atoms with Crippen LogP contribution in [0, 0.1) is 6.92 Å². The van der Waals surface area contributed by atoms with Crippen molar-refractivity contribution in [2.24, 2.45) is 0 Å². The highest BCUT2D eigenvalue weighted by atomic mass is 79.9. The van der Waals surface area contributed by atoms with Crippen LogP contribution in [0.1, 0.15) is 18.9 Å². The molecule has 0 aliphatic heterocycles. The lowest BCUT2D eigenvalue weighted by Crippen LogP contribution is -2.27. The highest BCUT2D eigenvalue weighted by Gasteiger charge is 2.11. The van der Waals surface area contributed by atoms with E-state index in [1.807, 2.05) is 26.0 Å². The first-order valence-corrected chi connectivity index (χ1v) is 8.36. The first-order chi connectivity index (χ1) is 8.44. The third-order valence-corrected chi connectivity index (χ3v) is 4.21. The molecule has 0 amide bonds. The minimum atomic E-state index is -3.29. The zero-order valence-corrected chi connectivity index (χ0v) is 13.1. The zero-order chi connectivity index (χ0) is 13.6. The first-order valence-electron chi connectivity index (χ1n) is 5.92. The van der Waals surface area contributed by atoms with Gasteiger partial charge in [0.25, 0.3) is 0 Å². The van der Waals surface area contributed by atoms with Gasteiger partial charge in [0.1, 0.15) is 0 Å². The Labute approximate surface area is 117 Å². The third kappa shape index (κ3) is 5.37. The predicted octanol–water partition coefficient (Wildman–Crippen LogP) is 2.50. The second-order valence-corrected chi connectivity index (χ2v) is 6.89. The summed E-state index contributed by atoms with van der Waals surface area (Å²) in [6.45, 7) is 5.23. The van der Waals surface area contributed by atoms with Crippen molar-refractivity contribution in [3.8, 4) is 0 Å². The van der Waals surface area contributed by atoms with Crippen LogP contribution in [0.2, 0.25) is 0 Å². The summed E-state index contributed by atoms with van der Waals surface area (Å²) < 4.78 is 27.2. The normalized spacial score (nSPS) is 11.5. The molecule has 1 rings (SSSR count). The molecule has 6 heteroatoms. The van der Waals surface area contributed by atoms with Crippen molar-refractivity contribution in [3.63, 3.8) is 0 Å². The second kappa shape index (κ2) is 7.11. The average Bonchev–Trinajstić information content (AvgIpc) is 2.29. The number of hydrogen-bond acceptors (Lipinski definition) is 3. The first kappa shape index (κ1) is 15.5. The van der Waals surface area contributed by atoms with Crippen molar-refractivity contribution in [1.82, 2.24) is 5.32 Å². The van der Waals surface area contributed by atoms with E-state index in [2.05, 4.69) is 26.0 Å². The van der Waals surface area contributed by atoms with Gasteiger partial charge >= 0.3 is 0 Å². The van der Waals surface area contributed by atoms with Crippen LogP contribution in [0.15, 0.2) is 22.7 Å². The van der Waals surface area contributed by atoms with Gasteiger partial charge in [0.05, 0.1) is 11.4 Å². The molecule has 0 saturated heterocycles. The van der Waals surface area contributed by atoms with Gasteiger partial charge in [-0.1, -0.05) is 28.9 Å². The standard InChI is InChI=1S/C12H19BrN2O2S/c1-3-6-14-7-8-18(16,17)15-12-9-11(13)5-4-10(12)2/h4-5,9,14-15H,3,6-8H2,1-2H3. The van der Waals surface area contributed by atoms with Crippen LogP contribution < -0.4 is 10.0 Å². The van der Waals surface area contributed by atoms with Crippen LogP contribution in [-0.4, -0.2) is 27.3 Å². The molecule has 0 aromatic heterocycles. The summed E-state index contributed by atoms with van der Waals surface area (Å²) in [6, 6.07) is 5.53. The smallest absolute Gasteiger partial charge is 0.233 e. The number of hydrogen-bond donors (Lipinski definition) is 2. The van der Waals surface area contributed by atoms with Gasteiger partial charge in [-0.05, 0) is 37.6 Å². The lowest BCUT2D eigenvalue weighted by molar-refractivity contribution is 0.595. The monoisotopic (exact) mass is 334 g/mol. The highest BCUT2D eigenvalue weighted by molar-refractivity contribution is 9.10. The molecule has 0 aliphatic carbocycles. The van der Waals surface area contributed by atoms with Gasteiger partial charge in [-0.3, -0.25) is 4.72 Å². The molecule has 18 heavy (non-hydrogen) atoms. The summed E-state index contributed by atoms with van der Waals surface area (Å²) in [5, 5.41) is 3.07. The number of sulfonamides is 1. The van der Waals surface area contributed by atoms with E-state index in [1.54, 1.807) is 6.07 Å². The number of rotatable bonds is 7. The molecular formula is C12H19BrN2O2S. The Kier molecular flexibility index (Phi) is 6.11. The minimum absolute atomic E-state index is 0.0823. The molecule has 0 atom stereocenters. The molecule has 0 bridgehead atoms. The maximum Gasteiger partial charge on any atom is 0.233 e. The molecule has 0 heterocycles. The fraction of sp³-hybridized carbons (Fsp3) is 0.500. The van der Waals surface area contributed by atoms with Crippen molar-refractivity contribution in [1.29, 1.82) is 0 Å². The van der Waals surface area contributed by atoms with Gasteiger partial charge in [0.15, 0.2) is 0 Å². The zero-order valence-electron chi connectivity index (χ0n) is 10.7. The molecule has 1 aromatic carbocycles. The van der Waals surface area contributed by atoms with E-state index in [4.69, 9.17) is 0 Å². The van der Waals surface area contributed by atoms with E-state index in [0.717, 1.165) is 23.0 Å². The minimum Gasteiger partial charge on any atom is -0.316 e. The van der Waals surface area contributed by atoms with Crippen molar-refractivity contribution >= 4 is 31.6 Å². The van der Waals surface area contributed by atoms with Crippen LogP contribution in [0.3, 0.4) is 0 Å². The summed E-state index contributed by atoms with van der Waals surface area (Å²) in [5.74, 6) is 0.0823. The Morgan fingerprint density at radius 1 is 1.28 bits per heavy atom. The Morgan fingerprint density at radius 2 is 2.00 bits per heavy atom. The quantitative estimate of drug-likeness (QED) is 0.753. The van der Waals surface area contributed by atoms with E-state index in [-0.39, 0.29) is 5.75 Å². The summed E-state index contributed by atoms with van der Waals surface area (Å²) in [5.41, 5.74) is 1.53. The molecule has 4 nitrogen and oxygen atoms in total. The maximum absolute atomic E-state index is 11.9. The highest BCUT2D eigenvalue weighted by Crippen LogP contribution is 2.21. The van der Waals surface area contributed by atoms with Gasteiger partial charge in [0.2, 0.25) is 10.0 Å². The predicted molar refractivity (Wildman–Crippen MR) is 79.4 cm³/mol. The molecule has 2 N–H and O–H groups in total. The van der Waals surface area contributed by atoms with Crippen LogP contribution in [0.5, 0.6) is 0 Å². The van der Waals surface area contributed by atoms with Crippen LogP contribution in [0.4, 0.5) is 5.69 Å².